The number of nitrogens with zero attached hydrogens (tertiary/aromatic N) is 2. The van der Waals surface area contributed by atoms with Crippen LogP contribution < -0.4 is 5.73 Å². The van der Waals surface area contributed by atoms with E-state index in [0.29, 0.717) is 6.54 Å². The first-order valence-electron chi connectivity index (χ1n) is 6.60. The maximum absolute atomic E-state index is 11.9. The first kappa shape index (κ1) is 11.5. The summed E-state index contributed by atoms with van der Waals surface area (Å²) in [5.41, 5.74) is 9.41. The minimum absolute atomic E-state index is 0.263. The molecule has 96 valence electrons. The van der Waals surface area contributed by atoms with Crippen molar-refractivity contribution in [2.45, 2.75) is 19.4 Å². The van der Waals surface area contributed by atoms with Crippen LogP contribution in [0.4, 0.5) is 5.69 Å². The standard InChI is InChI=1S/C14H19N3O/c15-13-4-1-3-11-5-8-16(9-12(11)13)10-14(18)17-6-2-7-17/h1,3-4H,2,5-10,15H2. The number of nitrogens with two attached hydrogens (primary N) is 1. The summed E-state index contributed by atoms with van der Waals surface area (Å²) in [4.78, 5) is 16.1. The fourth-order valence-electron chi connectivity index (χ4n) is 2.65. The molecule has 0 radical (unpaired) electrons. The molecule has 1 fully saturated rings. The van der Waals surface area contributed by atoms with Crippen molar-refractivity contribution in [2.24, 2.45) is 0 Å². The van der Waals surface area contributed by atoms with Gasteiger partial charge in [0.05, 0.1) is 6.54 Å². The second-order valence-electron chi connectivity index (χ2n) is 5.18. The van der Waals surface area contributed by atoms with Gasteiger partial charge in [0.25, 0.3) is 0 Å². The van der Waals surface area contributed by atoms with E-state index in [0.717, 1.165) is 44.7 Å². The lowest BCUT2D eigenvalue weighted by atomic mass is 9.98. The number of hydrogen-bond acceptors (Lipinski definition) is 3. The smallest absolute Gasteiger partial charge is 0.236 e. The highest BCUT2D eigenvalue weighted by atomic mass is 16.2. The molecule has 0 atom stereocenters. The van der Waals surface area contributed by atoms with Crippen molar-refractivity contribution >= 4 is 11.6 Å². The van der Waals surface area contributed by atoms with Crippen molar-refractivity contribution in [2.75, 3.05) is 31.9 Å². The first-order chi connectivity index (χ1) is 8.74. The van der Waals surface area contributed by atoms with E-state index < -0.39 is 0 Å². The number of fused-ring (bicyclic) bond motifs is 1. The average Bonchev–Trinajstić information content (AvgIpc) is 2.28. The highest BCUT2D eigenvalue weighted by Gasteiger charge is 2.24. The molecule has 0 bridgehead atoms. The van der Waals surface area contributed by atoms with Gasteiger partial charge in [0.1, 0.15) is 0 Å². The lowest BCUT2D eigenvalue weighted by molar-refractivity contribution is -0.136. The van der Waals surface area contributed by atoms with Gasteiger partial charge in [-0.3, -0.25) is 9.69 Å². The largest absolute Gasteiger partial charge is 0.398 e. The highest BCUT2D eigenvalue weighted by molar-refractivity contribution is 5.79. The van der Waals surface area contributed by atoms with Crippen molar-refractivity contribution in [3.8, 4) is 0 Å². The van der Waals surface area contributed by atoms with E-state index in [1.807, 2.05) is 17.0 Å². The Balaban J connectivity index is 1.67. The van der Waals surface area contributed by atoms with Crippen LogP contribution in [0.1, 0.15) is 17.5 Å². The third kappa shape index (κ3) is 2.08. The molecular formula is C14H19N3O. The van der Waals surface area contributed by atoms with E-state index in [1.165, 1.54) is 11.1 Å². The molecule has 0 unspecified atom stereocenters. The second kappa shape index (κ2) is 4.61. The van der Waals surface area contributed by atoms with Crippen molar-refractivity contribution in [1.82, 2.24) is 9.80 Å². The van der Waals surface area contributed by atoms with Gasteiger partial charge in [-0.1, -0.05) is 12.1 Å². The summed E-state index contributed by atoms with van der Waals surface area (Å²) in [5, 5.41) is 0. The molecule has 1 amide bonds. The summed E-state index contributed by atoms with van der Waals surface area (Å²) in [6, 6.07) is 6.09. The van der Waals surface area contributed by atoms with E-state index in [2.05, 4.69) is 11.0 Å². The van der Waals surface area contributed by atoms with Crippen LogP contribution in [-0.2, 0) is 17.8 Å². The van der Waals surface area contributed by atoms with Crippen molar-refractivity contribution in [1.29, 1.82) is 0 Å². The van der Waals surface area contributed by atoms with Gasteiger partial charge in [-0.2, -0.15) is 0 Å². The Hall–Kier alpha value is -1.55. The molecule has 2 N–H and O–H groups in total. The fourth-order valence-corrected chi connectivity index (χ4v) is 2.65. The van der Waals surface area contributed by atoms with Crippen LogP contribution >= 0.6 is 0 Å². The summed E-state index contributed by atoms with van der Waals surface area (Å²) in [7, 11) is 0. The van der Waals surface area contributed by atoms with Crippen LogP contribution in [0.2, 0.25) is 0 Å². The maximum Gasteiger partial charge on any atom is 0.236 e. The van der Waals surface area contributed by atoms with Gasteiger partial charge in [-0.15, -0.1) is 0 Å². The lowest BCUT2D eigenvalue weighted by Gasteiger charge is -2.35. The first-order valence-corrected chi connectivity index (χ1v) is 6.60. The summed E-state index contributed by atoms with van der Waals surface area (Å²) in [5.74, 6) is 0.263. The molecule has 2 aliphatic heterocycles. The van der Waals surface area contributed by atoms with Gasteiger partial charge in [0.2, 0.25) is 5.91 Å². The van der Waals surface area contributed by atoms with Gasteiger partial charge >= 0.3 is 0 Å². The Morgan fingerprint density at radius 3 is 2.83 bits per heavy atom. The highest BCUT2D eigenvalue weighted by Crippen LogP contribution is 2.24. The van der Waals surface area contributed by atoms with Gasteiger partial charge in [-0.25, -0.2) is 0 Å². The van der Waals surface area contributed by atoms with Crippen molar-refractivity contribution < 1.29 is 4.79 Å². The minimum atomic E-state index is 0.263. The predicted octanol–water partition coefficient (Wildman–Crippen LogP) is 0.859. The number of carbonyl (C=O) groups is 1. The fraction of sp³-hybridized carbons (Fsp3) is 0.500. The SMILES string of the molecule is Nc1cccc2c1CN(CC(=O)N1CCC1)CC2. The topological polar surface area (TPSA) is 49.6 Å². The van der Waals surface area contributed by atoms with E-state index in [-0.39, 0.29) is 5.91 Å². The summed E-state index contributed by atoms with van der Waals surface area (Å²) in [6.45, 7) is 4.17. The third-order valence-electron chi connectivity index (χ3n) is 3.96. The van der Waals surface area contributed by atoms with Crippen LogP contribution in [0.3, 0.4) is 0 Å². The summed E-state index contributed by atoms with van der Waals surface area (Å²) < 4.78 is 0. The zero-order valence-electron chi connectivity index (χ0n) is 10.6. The third-order valence-corrected chi connectivity index (χ3v) is 3.96. The normalized spacial score (nSPS) is 19.2. The second-order valence-corrected chi connectivity index (χ2v) is 5.18. The van der Waals surface area contributed by atoms with Gasteiger partial charge in [0, 0.05) is 31.9 Å². The van der Waals surface area contributed by atoms with Crippen LogP contribution in [0, 0.1) is 0 Å². The molecule has 18 heavy (non-hydrogen) atoms. The molecule has 4 heteroatoms. The molecule has 0 aromatic heterocycles. The predicted molar refractivity (Wildman–Crippen MR) is 71.0 cm³/mol. The van der Waals surface area contributed by atoms with Crippen molar-refractivity contribution in [3.63, 3.8) is 0 Å². The lowest BCUT2D eigenvalue weighted by Crippen LogP contribution is -2.48. The molecule has 3 rings (SSSR count). The number of anilines is 1. The average molecular weight is 245 g/mol. The van der Waals surface area contributed by atoms with E-state index in [4.69, 9.17) is 5.73 Å². The van der Waals surface area contributed by atoms with Crippen LogP contribution in [0.5, 0.6) is 0 Å². The molecule has 1 saturated heterocycles. The zero-order valence-corrected chi connectivity index (χ0v) is 10.6. The number of benzene rings is 1. The summed E-state index contributed by atoms with van der Waals surface area (Å²) in [6.07, 6.45) is 2.15. The quantitative estimate of drug-likeness (QED) is 0.786. The number of amides is 1. The van der Waals surface area contributed by atoms with Gasteiger partial charge in [0.15, 0.2) is 0 Å². The van der Waals surface area contributed by atoms with E-state index >= 15 is 0 Å². The Kier molecular flexibility index (Phi) is 2.96. The molecule has 0 saturated carbocycles. The molecule has 2 heterocycles. The number of hydrogen-bond donors (Lipinski definition) is 1. The van der Waals surface area contributed by atoms with E-state index in [1.54, 1.807) is 0 Å². The Morgan fingerprint density at radius 2 is 2.11 bits per heavy atom. The zero-order chi connectivity index (χ0) is 12.5. The maximum atomic E-state index is 11.9. The molecule has 0 aliphatic carbocycles. The van der Waals surface area contributed by atoms with Gasteiger partial charge < -0.3 is 10.6 Å². The number of nitrogen functional groups attached to an aromatic ring is 1. The number of carbonyl (C=O) groups excluding carboxylic acids is 1. The van der Waals surface area contributed by atoms with Crippen LogP contribution in [0.25, 0.3) is 0 Å². The molecule has 0 spiro atoms. The molecule has 4 nitrogen and oxygen atoms in total. The van der Waals surface area contributed by atoms with Crippen molar-refractivity contribution in [3.05, 3.63) is 29.3 Å². The van der Waals surface area contributed by atoms with Crippen LogP contribution in [-0.4, -0.2) is 41.9 Å². The number of likely N-dealkylation sites (tertiary alicyclic amines) is 1. The summed E-state index contributed by atoms with van der Waals surface area (Å²) >= 11 is 0. The Labute approximate surface area is 107 Å². The van der Waals surface area contributed by atoms with E-state index in [9.17, 15) is 4.79 Å². The number of rotatable bonds is 2. The Bertz CT molecular complexity index is 468. The molecular weight excluding hydrogens is 226 g/mol. The van der Waals surface area contributed by atoms with Crippen LogP contribution in [0.15, 0.2) is 18.2 Å². The molecule has 1 aromatic rings. The molecule has 1 aromatic carbocycles. The minimum Gasteiger partial charge on any atom is -0.398 e. The van der Waals surface area contributed by atoms with Gasteiger partial charge in [-0.05, 0) is 30.0 Å². The monoisotopic (exact) mass is 245 g/mol. The molecule has 2 aliphatic rings. The Morgan fingerprint density at radius 1 is 1.28 bits per heavy atom.